The van der Waals surface area contributed by atoms with Gasteiger partial charge in [-0.25, -0.2) is 17.8 Å². The van der Waals surface area contributed by atoms with E-state index in [4.69, 9.17) is 0 Å². The maximum absolute atomic E-state index is 13.6. The minimum atomic E-state index is -3.58. The highest BCUT2D eigenvalue weighted by molar-refractivity contribution is 7.92. The molecule has 0 unspecified atom stereocenters. The molecule has 0 bridgehead atoms. The molecule has 32 heavy (non-hydrogen) atoms. The van der Waals surface area contributed by atoms with Crippen LogP contribution in [0, 0.1) is 5.82 Å². The van der Waals surface area contributed by atoms with Crippen molar-refractivity contribution in [3.63, 3.8) is 0 Å². The first-order chi connectivity index (χ1) is 15.2. The van der Waals surface area contributed by atoms with Crippen LogP contribution in [0.1, 0.15) is 28.9 Å². The first kappa shape index (κ1) is 21.5. The number of amides is 1. The van der Waals surface area contributed by atoms with Gasteiger partial charge in [0.25, 0.3) is 5.91 Å². The summed E-state index contributed by atoms with van der Waals surface area (Å²) >= 11 is 0. The first-order valence-corrected chi connectivity index (χ1v) is 11.7. The number of nitrogens with zero attached hydrogens (tertiary/aromatic N) is 1. The fourth-order valence-electron chi connectivity index (χ4n) is 3.39. The van der Waals surface area contributed by atoms with Crippen molar-refractivity contribution in [3.05, 3.63) is 83.7 Å². The number of nitrogens with one attached hydrogen (secondary N) is 3. The molecule has 0 aliphatic heterocycles. The smallest absolute Gasteiger partial charge is 0.251 e. The van der Waals surface area contributed by atoms with Crippen molar-refractivity contribution in [2.45, 2.75) is 13.0 Å². The SMILES string of the molecule is C[C@H](NC(=O)c1cc(NS(C)(=O)=O)cc(-c2nc3ccc(F)cc3[nH]2)c1)c1ccccc1. The second kappa shape index (κ2) is 8.43. The Bertz CT molecular complexity index is 1400. The highest BCUT2D eigenvalue weighted by Gasteiger charge is 2.16. The quantitative estimate of drug-likeness (QED) is 0.407. The number of carbonyl (C=O) groups is 1. The molecule has 1 amide bonds. The predicted molar refractivity (Wildman–Crippen MR) is 122 cm³/mol. The van der Waals surface area contributed by atoms with Crippen molar-refractivity contribution in [3.8, 4) is 11.4 Å². The molecule has 0 spiro atoms. The zero-order valence-corrected chi connectivity index (χ0v) is 18.2. The van der Waals surface area contributed by atoms with Crippen LogP contribution in [0.25, 0.3) is 22.4 Å². The van der Waals surface area contributed by atoms with Gasteiger partial charge in [-0.2, -0.15) is 0 Å². The highest BCUT2D eigenvalue weighted by atomic mass is 32.2. The molecule has 1 atom stereocenters. The van der Waals surface area contributed by atoms with E-state index in [1.165, 1.54) is 18.2 Å². The molecule has 164 valence electrons. The van der Waals surface area contributed by atoms with Crippen LogP contribution in [0.3, 0.4) is 0 Å². The Morgan fingerprint density at radius 2 is 1.81 bits per heavy atom. The summed E-state index contributed by atoms with van der Waals surface area (Å²) in [5, 5.41) is 2.92. The van der Waals surface area contributed by atoms with Crippen molar-refractivity contribution < 1.29 is 17.6 Å². The van der Waals surface area contributed by atoms with Crippen LogP contribution in [0.2, 0.25) is 0 Å². The first-order valence-electron chi connectivity index (χ1n) is 9.82. The molecule has 9 heteroatoms. The monoisotopic (exact) mass is 452 g/mol. The van der Waals surface area contributed by atoms with Crippen LogP contribution < -0.4 is 10.0 Å². The highest BCUT2D eigenvalue weighted by Crippen LogP contribution is 2.26. The summed E-state index contributed by atoms with van der Waals surface area (Å²) in [6.07, 6.45) is 1.03. The van der Waals surface area contributed by atoms with E-state index in [0.29, 0.717) is 22.4 Å². The standard InChI is InChI=1S/C23H21FN4O3S/c1-14(15-6-4-3-5-7-15)25-23(29)17-10-16(11-19(12-17)28-32(2,30)31)22-26-20-9-8-18(24)13-21(20)27-22/h3-14,28H,1-2H3,(H,25,29)(H,26,27)/t14-/m0/s1. The zero-order chi connectivity index (χ0) is 22.9. The number of carbonyl (C=O) groups excluding carboxylic acids is 1. The lowest BCUT2D eigenvalue weighted by Crippen LogP contribution is -2.26. The average molecular weight is 453 g/mol. The Morgan fingerprint density at radius 1 is 1.06 bits per heavy atom. The van der Waals surface area contributed by atoms with Crippen LogP contribution in [0.15, 0.2) is 66.7 Å². The van der Waals surface area contributed by atoms with Crippen LogP contribution in [0.5, 0.6) is 0 Å². The Kier molecular flexibility index (Phi) is 5.67. The number of hydrogen-bond acceptors (Lipinski definition) is 4. The Hall–Kier alpha value is -3.72. The molecule has 0 radical (unpaired) electrons. The van der Waals surface area contributed by atoms with Gasteiger partial charge in [-0.1, -0.05) is 30.3 Å². The molecule has 3 N–H and O–H groups in total. The lowest BCUT2D eigenvalue weighted by atomic mass is 10.1. The number of benzene rings is 3. The topological polar surface area (TPSA) is 104 Å². The van der Waals surface area contributed by atoms with Crippen molar-refractivity contribution in [1.82, 2.24) is 15.3 Å². The average Bonchev–Trinajstić information content (AvgIpc) is 3.16. The van der Waals surface area contributed by atoms with Crippen LogP contribution in [0.4, 0.5) is 10.1 Å². The van der Waals surface area contributed by atoms with E-state index in [2.05, 4.69) is 20.0 Å². The number of anilines is 1. The summed E-state index contributed by atoms with van der Waals surface area (Å²) in [4.78, 5) is 20.4. The molecule has 0 aliphatic rings. The molecule has 1 aromatic heterocycles. The normalized spacial score (nSPS) is 12.5. The summed E-state index contributed by atoms with van der Waals surface area (Å²) < 4.78 is 39.5. The summed E-state index contributed by atoms with van der Waals surface area (Å²) in [6, 6.07) is 18.0. The number of aromatic amines is 1. The Balaban J connectivity index is 1.72. The number of hydrogen-bond donors (Lipinski definition) is 3. The van der Waals surface area contributed by atoms with E-state index < -0.39 is 15.8 Å². The zero-order valence-electron chi connectivity index (χ0n) is 17.4. The van der Waals surface area contributed by atoms with Gasteiger partial charge in [0.2, 0.25) is 10.0 Å². The number of halogens is 1. The Morgan fingerprint density at radius 3 is 2.53 bits per heavy atom. The second-order valence-electron chi connectivity index (χ2n) is 7.53. The van der Waals surface area contributed by atoms with Gasteiger partial charge < -0.3 is 10.3 Å². The lowest BCUT2D eigenvalue weighted by Gasteiger charge is -2.15. The van der Waals surface area contributed by atoms with E-state index in [-0.39, 0.29) is 23.2 Å². The van der Waals surface area contributed by atoms with Crippen LogP contribution in [-0.4, -0.2) is 30.5 Å². The number of fused-ring (bicyclic) bond motifs is 1. The van der Waals surface area contributed by atoms with Crippen LogP contribution >= 0.6 is 0 Å². The number of rotatable bonds is 6. The Labute approximate surface area is 184 Å². The fourth-order valence-corrected chi connectivity index (χ4v) is 3.94. The fraction of sp³-hybridized carbons (Fsp3) is 0.130. The number of H-pyrrole nitrogens is 1. The van der Waals surface area contributed by atoms with Gasteiger partial charge in [-0.3, -0.25) is 9.52 Å². The third-order valence-electron chi connectivity index (χ3n) is 4.86. The summed E-state index contributed by atoms with van der Waals surface area (Å²) in [7, 11) is -3.58. The molecule has 0 saturated heterocycles. The van der Waals surface area contributed by atoms with Gasteiger partial charge in [0.05, 0.1) is 23.3 Å². The van der Waals surface area contributed by atoms with Crippen molar-refractivity contribution >= 4 is 32.7 Å². The maximum atomic E-state index is 13.6. The second-order valence-corrected chi connectivity index (χ2v) is 9.27. The third-order valence-corrected chi connectivity index (χ3v) is 5.47. The molecule has 7 nitrogen and oxygen atoms in total. The molecule has 4 aromatic rings. The number of imidazole rings is 1. The maximum Gasteiger partial charge on any atom is 0.251 e. The number of aromatic nitrogens is 2. The molecular weight excluding hydrogens is 431 g/mol. The van der Waals surface area contributed by atoms with Gasteiger partial charge >= 0.3 is 0 Å². The molecule has 1 heterocycles. The van der Waals surface area contributed by atoms with Crippen molar-refractivity contribution in [1.29, 1.82) is 0 Å². The third kappa shape index (κ3) is 4.94. The van der Waals surface area contributed by atoms with Gasteiger partial charge in [0, 0.05) is 16.8 Å². The molecule has 0 saturated carbocycles. The van der Waals surface area contributed by atoms with E-state index in [9.17, 15) is 17.6 Å². The van der Waals surface area contributed by atoms with E-state index in [1.54, 1.807) is 18.2 Å². The van der Waals surface area contributed by atoms with Crippen molar-refractivity contribution in [2.75, 3.05) is 11.0 Å². The van der Waals surface area contributed by atoms with Gasteiger partial charge in [0.15, 0.2) is 0 Å². The largest absolute Gasteiger partial charge is 0.346 e. The van der Waals surface area contributed by atoms with E-state index in [1.807, 2.05) is 37.3 Å². The molecule has 4 rings (SSSR count). The summed E-state index contributed by atoms with van der Waals surface area (Å²) in [6.45, 7) is 1.86. The van der Waals surface area contributed by atoms with E-state index >= 15 is 0 Å². The predicted octanol–water partition coefficient (Wildman–Crippen LogP) is 4.23. The molecule has 3 aromatic carbocycles. The summed E-state index contributed by atoms with van der Waals surface area (Å²) in [5.41, 5.74) is 2.92. The lowest BCUT2D eigenvalue weighted by molar-refractivity contribution is 0.0940. The van der Waals surface area contributed by atoms with Gasteiger partial charge in [-0.05, 0) is 48.9 Å². The molecular formula is C23H21FN4O3S. The van der Waals surface area contributed by atoms with Gasteiger partial charge in [-0.15, -0.1) is 0 Å². The summed E-state index contributed by atoms with van der Waals surface area (Å²) in [5.74, 6) is -0.398. The van der Waals surface area contributed by atoms with Crippen molar-refractivity contribution in [2.24, 2.45) is 0 Å². The minimum Gasteiger partial charge on any atom is -0.346 e. The molecule has 0 aliphatic carbocycles. The van der Waals surface area contributed by atoms with Crippen LogP contribution in [-0.2, 0) is 10.0 Å². The van der Waals surface area contributed by atoms with E-state index in [0.717, 1.165) is 11.8 Å². The number of sulfonamides is 1. The molecule has 0 fully saturated rings. The van der Waals surface area contributed by atoms with Gasteiger partial charge in [0.1, 0.15) is 11.6 Å². The minimum absolute atomic E-state index is 0.217.